The van der Waals surface area contributed by atoms with Gasteiger partial charge in [-0.1, -0.05) is 11.6 Å². The first-order valence-corrected chi connectivity index (χ1v) is 16.5. The first-order valence-electron chi connectivity index (χ1n) is 16.1. The smallest absolute Gasteiger partial charge is 0.410 e. The molecule has 2 amide bonds. The fourth-order valence-corrected chi connectivity index (χ4v) is 7.32. The Kier molecular flexibility index (Phi) is 8.88. The molecule has 2 aromatic rings. The average Bonchev–Trinajstić information content (AvgIpc) is 3.33. The molecular weight excluding hydrogens is 580 g/mol. The summed E-state index contributed by atoms with van der Waals surface area (Å²) in [6.07, 6.45) is 12.9. The van der Waals surface area contributed by atoms with Crippen molar-refractivity contribution in [2.45, 2.75) is 83.8 Å². The minimum absolute atomic E-state index is 0.200. The van der Waals surface area contributed by atoms with E-state index in [9.17, 15) is 9.59 Å². The topological polar surface area (TPSA) is 107 Å². The number of pyridine rings is 1. The van der Waals surface area contributed by atoms with Crippen LogP contribution in [0.3, 0.4) is 0 Å². The molecule has 4 saturated heterocycles. The number of amides is 2. The van der Waals surface area contributed by atoms with Crippen LogP contribution in [0.2, 0.25) is 5.02 Å². The van der Waals surface area contributed by atoms with E-state index in [1.807, 2.05) is 36.6 Å². The molecule has 2 aromatic heterocycles. The Balaban J connectivity index is 1.04. The molecule has 6 rings (SSSR count). The Morgan fingerprint density at radius 2 is 1.68 bits per heavy atom. The van der Waals surface area contributed by atoms with Crippen LogP contribution < -0.4 is 15.1 Å². The predicted molar refractivity (Wildman–Crippen MR) is 172 cm³/mol. The fourth-order valence-electron chi connectivity index (χ4n) is 7.11. The quantitative estimate of drug-likeness (QED) is 0.463. The molecule has 0 aromatic carbocycles. The average molecular weight is 625 g/mol. The molecule has 0 unspecified atom stereocenters. The number of nitrogens with zero attached hydrogens (tertiary/aromatic N) is 7. The van der Waals surface area contributed by atoms with Gasteiger partial charge in [0, 0.05) is 38.8 Å². The van der Waals surface area contributed by atoms with E-state index in [0.29, 0.717) is 36.6 Å². The van der Waals surface area contributed by atoms with Gasteiger partial charge in [-0.25, -0.2) is 9.78 Å². The summed E-state index contributed by atoms with van der Waals surface area (Å²) >= 11 is 6.45. The Hall–Kier alpha value is -3.18. The standard InChI is InChI=1S/C32H45ClN8O3/c1-31(2,3)44-30(43)40-14-7-24(8-15-40)38-16-9-32(10-17-38)11-18-41(28(32)42)25-19-23(20-34-21-25)36-29-35-22-26(33)27(37-29)39-12-5-4-6-13-39/h19-22,24H,4-18H2,1-3H3,(H,35,36,37). The molecule has 0 atom stereocenters. The second-order valence-corrected chi connectivity index (χ2v) is 14.1. The highest BCUT2D eigenvalue weighted by Gasteiger charge is 2.49. The number of ether oxygens (including phenoxy) is 1. The van der Waals surface area contributed by atoms with Crippen LogP contribution in [0.4, 0.5) is 27.9 Å². The van der Waals surface area contributed by atoms with Crippen LogP contribution in [0.25, 0.3) is 0 Å². The number of rotatable bonds is 5. The van der Waals surface area contributed by atoms with Crippen molar-refractivity contribution in [3.05, 3.63) is 29.7 Å². The van der Waals surface area contributed by atoms with Crippen molar-refractivity contribution in [3.63, 3.8) is 0 Å². The molecule has 1 N–H and O–H groups in total. The second kappa shape index (κ2) is 12.7. The zero-order chi connectivity index (χ0) is 30.9. The largest absolute Gasteiger partial charge is 0.444 e. The number of hydrogen-bond acceptors (Lipinski definition) is 9. The molecule has 4 fully saturated rings. The van der Waals surface area contributed by atoms with E-state index in [4.69, 9.17) is 21.3 Å². The predicted octanol–water partition coefficient (Wildman–Crippen LogP) is 5.48. The number of aromatic nitrogens is 3. The minimum atomic E-state index is -0.480. The lowest BCUT2D eigenvalue weighted by Gasteiger charge is -2.44. The van der Waals surface area contributed by atoms with Gasteiger partial charge in [0.05, 0.1) is 35.4 Å². The Bertz CT molecular complexity index is 1350. The molecule has 1 spiro atoms. The number of carbonyl (C=O) groups is 2. The third kappa shape index (κ3) is 6.73. The summed E-state index contributed by atoms with van der Waals surface area (Å²) in [5.41, 5.74) is 0.724. The lowest BCUT2D eigenvalue weighted by atomic mass is 9.76. The van der Waals surface area contributed by atoms with Gasteiger partial charge in [0.25, 0.3) is 0 Å². The van der Waals surface area contributed by atoms with Crippen LogP contribution in [0.1, 0.15) is 72.1 Å². The van der Waals surface area contributed by atoms with Crippen LogP contribution in [0.15, 0.2) is 24.7 Å². The molecular formula is C32H45ClN8O3. The molecule has 238 valence electrons. The minimum Gasteiger partial charge on any atom is -0.444 e. The summed E-state index contributed by atoms with van der Waals surface area (Å²) in [6, 6.07) is 2.40. The number of hydrogen-bond donors (Lipinski definition) is 1. The highest BCUT2D eigenvalue weighted by molar-refractivity contribution is 6.32. The van der Waals surface area contributed by atoms with Crippen LogP contribution in [-0.2, 0) is 9.53 Å². The van der Waals surface area contributed by atoms with E-state index in [1.54, 1.807) is 18.6 Å². The van der Waals surface area contributed by atoms with Gasteiger partial charge >= 0.3 is 6.09 Å². The second-order valence-electron chi connectivity index (χ2n) is 13.7. The Morgan fingerprint density at radius 1 is 0.977 bits per heavy atom. The SMILES string of the molecule is CC(C)(C)OC(=O)N1CCC(N2CCC3(CCN(c4cncc(Nc5ncc(Cl)c(N6CCCCC6)n5)c4)C3=O)CC2)CC1. The highest BCUT2D eigenvalue weighted by Crippen LogP contribution is 2.44. The van der Waals surface area contributed by atoms with Crippen molar-refractivity contribution in [2.24, 2.45) is 5.41 Å². The van der Waals surface area contributed by atoms with Gasteiger partial charge in [0.15, 0.2) is 5.82 Å². The molecule has 4 aliphatic rings. The molecule has 0 saturated carbocycles. The molecule has 11 nitrogen and oxygen atoms in total. The van der Waals surface area contributed by atoms with E-state index in [0.717, 1.165) is 88.3 Å². The first kappa shape index (κ1) is 30.8. The maximum atomic E-state index is 13.9. The third-order valence-electron chi connectivity index (χ3n) is 9.57. The van der Waals surface area contributed by atoms with Gasteiger partial charge < -0.3 is 29.7 Å². The lowest BCUT2D eigenvalue weighted by Crippen LogP contribution is -2.52. The monoisotopic (exact) mass is 624 g/mol. The van der Waals surface area contributed by atoms with Crippen LogP contribution in [0.5, 0.6) is 0 Å². The van der Waals surface area contributed by atoms with Crippen LogP contribution in [0, 0.1) is 5.41 Å². The summed E-state index contributed by atoms with van der Waals surface area (Å²) in [6.45, 7) is 11.5. The van der Waals surface area contributed by atoms with Crippen molar-refractivity contribution in [3.8, 4) is 0 Å². The molecule has 4 aliphatic heterocycles. The van der Waals surface area contributed by atoms with E-state index in [-0.39, 0.29) is 17.4 Å². The first-order chi connectivity index (χ1) is 21.1. The summed E-state index contributed by atoms with van der Waals surface area (Å²) in [7, 11) is 0. The fraction of sp³-hybridized carbons (Fsp3) is 0.656. The maximum Gasteiger partial charge on any atom is 0.410 e. The summed E-state index contributed by atoms with van der Waals surface area (Å²) < 4.78 is 5.56. The van der Waals surface area contributed by atoms with Gasteiger partial charge in [-0.05, 0) is 91.3 Å². The van der Waals surface area contributed by atoms with Gasteiger partial charge in [0.1, 0.15) is 10.6 Å². The van der Waals surface area contributed by atoms with Gasteiger partial charge in [-0.15, -0.1) is 0 Å². The van der Waals surface area contributed by atoms with Crippen LogP contribution in [-0.4, -0.2) is 94.2 Å². The molecule has 0 aliphatic carbocycles. The summed E-state index contributed by atoms with van der Waals surface area (Å²) in [4.78, 5) is 48.4. The van der Waals surface area contributed by atoms with Crippen molar-refractivity contribution in [2.75, 3.05) is 60.9 Å². The molecule has 12 heteroatoms. The maximum absolute atomic E-state index is 13.9. The number of piperidine rings is 3. The Morgan fingerprint density at radius 3 is 2.39 bits per heavy atom. The number of carbonyl (C=O) groups excluding carboxylic acids is 2. The molecule has 0 radical (unpaired) electrons. The highest BCUT2D eigenvalue weighted by atomic mass is 35.5. The summed E-state index contributed by atoms with van der Waals surface area (Å²) in [5.74, 6) is 1.41. The van der Waals surface area contributed by atoms with E-state index < -0.39 is 5.60 Å². The normalized spacial score (nSPS) is 21.6. The van der Waals surface area contributed by atoms with Crippen molar-refractivity contribution >= 4 is 46.7 Å². The van der Waals surface area contributed by atoms with Crippen molar-refractivity contribution in [1.29, 1.82) is 0 Å². The zero-order valence-electron chi connectivity index (χ0n) is 26.2. The van der Waals surface area contributed by atoms with E-state index >= 15 is 0 Å². The van der Waals surface area contributed by atoms with Gasteiger partial charge in [-0.3, -0.25) is 9.78 Å². The molecule has 0 bridgehead atoms. The third-order valence-corrected chi connectivity index (χ3v) is 9.84. The van der Waals surface area contributed by atoms with Crippen molar-refractivity contribution < 1.29 is 14.3 Å². The number of likely N-dealkylation sites (tertiary alicyclic amines) is 2. The van der Waals surface area contributed by atoms with E-state index in [2.05, 4.69) is 25.1 Å². The van der Waals surface area contributed by atoms with E-state index in [1.165, 1.54) is 6.42 Å². The van der Waals surface area contributed by atoms with Gasteiger partial charge in [0.2, 0.25) is 11.9 Å². The number of halogens is 1. The van der Waals surface area contributed by atoms with Crippen LogP contribution >= 0.6 is 11.6 Å². The number of anilines is 4. The van der Waals surface area contributed by atoms with Crippen molar-refractivity contribution in [1.82, 2.24) is 24.8 Å². The Labute approximate surface area is 265 Å². The lowest BCUT2D eigenvalue weighted by molar-refractivity contribution is -0.128. The molecule has 6 heterocycles. The zero-order valence-corrected chi connectivity index (χ0v) is 27.0. The molecule has 44 heavy (non-hydrogen) atoms. The number of nitrogens with one attached hydrogen (secondary N) is 1. The van der Waals surface area contributed by atoms with Gasteiger partial charge in [-0.2, -0.15) is 4.98 Å². The summed E-state index contributed by atoms with van der Waals surface area (Å²) in [5, 5.41) is 3.83.